The minimum absolute atomic E-state index is 0.0981. The van der Waals surface area contributed by atoms with E-state index in [1.54, 1.807) is 6.26 Å². The van der Waals surface area contributed by atoms with Gasteiger partial charge in [0, 0.05) is 33.9 Å². The van der Waals surface area contributed by atoms with Crippen LogP contribution in [0, 0.1) is 0 Å². The third-order valence-corrected chi connectivity index (χ3v) is 3.65. The molecule has 18 heavy (non-hydrogen) atoms. The van der Waals surface area contributed by atoms with Crippen LogP contribution in [0.5, 0.6) is 0 Å². The fraction of sp³-hybridized carbons (Fsp3) is 0.133. The summed E-state index contributed by atoms with van der Waals surface area (Å²) in [7, 11) is -0.971. The quantitative estimate of drug-likeness (QED) is 0.790. The average molecular weight is 258 g/mol. The molecule has 3 heteroatoms. The Morgan fingerprint density at radius 2 is 1.61 bits per heavy atom. The molecule has 92 valence electrons. The lowest BCUT2D eigenvalue weighted by molar-refractivity contribution is 0.0993. The smallest absolute Gasteiger partial charge is 0.167 e. The van der Waals surface area contributed by atoms with Crippen LogP contribution in [0.15, 0.2) is 59.5 Å². The molecule has 0 fully saturated rings. The third-order valence-electron chi connectivity index (χ3n) is 2.72. The maximum Gasteiger partial charge on any atom is 0.167 e. The molecule has 0 bridgehead atoms. The van der Waals surface area contributed by atoms with E-state index in [-0.39, 0.29) is 5.78 Å². The van der Waals surface area contributed by atoms with Crippen molar-refractivity contribution in [1.82, 2.24) is 0 Å². The normalized spacial score (nSPS) is 12.1. The Balaban J connectivity index is 2.10. The van der Waals surface area contributed by atoms with Crippen molar-refractivity contribution in [2.45, 2.75) is 11.3 Å². The average Bonchev–Trinajstić information content (AvgIpc) is 2.40. The summed E-state index contributed by atoms with van der Waals surface area (Å²) >= 11 is 0. The Bertz CT molecular complexity index is 559. The fourth-order valence-electron chi connectivity index (χ4n) is 1.71. The van der Waals surface area contributed by atoms with Gasteiger partial charge in [-0.05, 0) is 17.7 Å². The standard InChI is InChI=1S/C15H14O2S/c1-18(17)14-9-7-12(8-10-14)11-15(16)13-5-3-2-4-6-13/h2-10H,11H2,1H3. The molecule has 0 aromatic heterocycles. The number of Topliss-reactive ketones (excluding diaryl/α,β-unsaturated/α-hetero) is 1. The summed E-state index contributed by atoms with van der Waals surface area (Å²) in [5.74, 6) is 0.0981. The van der Waals surface area contributed by atoms with E-state index in [0.29, 0.717) is 6.42 Å². The SMILES string of the molecule is CS(=O)c1ccc(CC(=O)c2ccccc2)cc1. The second-order valence-corrected chi connectivity index (χ2v) is 5.44. The van der Waals surface area contributed by atoms with Crippen LogP contribution in [-0.2, 0) is 17.2 Å². The summed E-state index contributed by atoms with van der Waals surface area (Å²) < 4.78 is 11.2. The number of carbonyl (C=O) groups excluding carboxylic acids is 1. The van der Waals surface area contributed by atoms with Gasteiger partial charge in [0.1, 0.15) is 0 Å². The molecule has 0 heterocycles. The summed E-state index contributed by atoms with van der Waals surface area (Å²) in [6.45, 7) is 0. The monoisotopic (exact) mass is 258 g/mol. The van der Waals surface area contributed by atoms with Crippen molar-refractivity contribution in [3.05, 3.63) is 65.7 Å². The number of carbonyl (C=O) groups is 1. The highest BCUT2D eigenvalue weighted by Gasteiger charge is 2.06. The van der Waals surface area contributed by atoms with Gasteiger partial charge in [-0.1, -0.05) is 42.5 Å². The Morgan fingerprint density at radius 1 is 1.00 bits per heavy atom. The maximum absolute atomic E-state index is 12.0. The molecule has 0 radical (unpaired) electrons. The predicted molar refractivity (Wildman–Crippen MR) is 73.3 cm³/mol. The number of hydrogen-bond donors (Lipinski definition) is 0. The van der Waals surface area contributed by atoms with Crippen molar-refractivity contribution in [2.24, 2.45) is 0 Å². The Hall–Kier alpha value is -1.74. The van der Waals surface area contributed by atoms with Crippen LogP contribution in [0.25, 0.3) is 0 Å². The first-order chi connectivity index (χ1) is 8.66. The summed E-state index contributed by atoms with van der Waals surface area (Å²) in [5.41, 5.74) is 1.67. The topological polar surface area (TPSA) is 34.1 Å². The molecule has 2 rings (SSSR count). The molecule has 0 aliphatic heterocycles. The number of rotatable bonds is 4. The lowest BCUT2D eigenvalue weighted by atomic mass is 10.0. The van der Waals surface area contributed by atoms with Gasteiger partial charge < -0.3 is 0 Å². The third kappa shape index (κ3) is 3.14. The van der Waals surface area contributed by atoms with Gasteiger partial charge in [0.25, 0.3) is 0 Å². The number of hydrogen-bond acceptors (Lipinski definition) is 2. The molecule has 0 amide bonds. The first-order valence-corrected chi connectivity index (χ1v) is 7.23. The molecule has 2 aromatic carbocycles. The summed E-state index contributed by atoms with van der Waals surface area (Å²) in [4.78, 5) is 12.8. The molecule has 0 saturated carbocycles. The van der Waals surface area contributed by atoms with Crippen molar-refractivity contribution < 1.29 is 9.00 Å². The van der Waals surface area contributed by atoms with Gasteiger partial charge in [-0.25, -0.2) is 0 Å². The van der Waals surface area contributed by atoms with E-state index in [1.807, 2.05) is 54.6 Å². The van der Waals surface area contributed by atoms with E-state index in [1.165, 1.54) is 0 Å². The van der Waals surface area contributed by atoms with Crippen LogP contribution in [0.2, 0.25) is 0 Å². The first-order valence-electron chi connectivity index (χ1n) is 5.67. The first kappa shape index (κ1) is 12.7. The lowest BCUT2D eigenvalue weighted by Crippen LogP contribution is -2.03. The van der Waals surface area contributed by atoms with Crippen molar-refractivity contribution >= 4 is 16.6 Å². The van der Waals surface area contributed by atoms with Gasteiger partial charge in [0.05, 0.1) is 0 Å². The van der Waals surface area contributed by atoms with E-state index in [2.05, 4.69) is 0 Å². The zero-order valence-corrected chi connectivity index (χ0v) is 10.9. The lowest BCUT2D eigenvalue weighted by Gasteiger charge is -2.02. The van der Waals surface area contributed by atoms with Gasteiger partial charge in [-0.2, -0.15) is 0 Å². The number of ketones is 1. The zero-order valence-electron chi connectivity index (χ0n) is 10.1. The molecule has 0 saturated heterocycles. The van der Waals surface area contributed by atoms with Crippen molar-refractivity contribution in [3.8, 4) is 0 Å². The Morgan fingerprint density at radius 3 is 2.17 bits per heavy atom. The zero-order chi connectivity index (χ0) is 13.0. The van der Waals surface area contributed by atoms with Crippen LogP contribution >= 0.6 is 0 Å². The summed E-state index contributed by atoms with van der Waals surface area (Å²) in [6, 6.07) is 16.6. The minimum Gasteiger partial charge on any atom is -0.294 e. The van der Waals surface area contributed by atoms with Crippen LogP contribution in [0.3, 0.4) is 0 Å². The van der Waals surface area contributed by atoms with Crippen LogP contribution < -0.4 is 0 Å². The maximum atomic E-state index is 12.0. The van der Waals surface area contributed by atoms with Gasteiger partial charge in [-0.3, -0.25) is 9.00 Å². The minimum atomic E-state index is -0.971. The molecular formula is C15H14O2S. The van der Waals surface area contributed by atoms with E-state index >= 15 is 0 Å². The van der Waals surface area contributed by atoms with Gasteiger partial charge in [0.15, 0.2) is 5.78 Å². The second-order valence-electron chi connectivity index (χ2n) is 4.06. The molecule has 1 atom stereocenters. The fourth-order valence-corrected chi connectivity index (χ4v) is 2.23. The molecular weight excluding hydrogens is 244 g/mol. The van der Waals surface area contributed by atoms with Gasteiger partial charge in [0.2, 0.25) is 0 Å². The van der Waals surface area contributed by atoms with Crippen LogP contribution in [0.4, 0.5) is 0 Å². The van der Waals surface area contributed by atoms with Crippen LogP contribution in [0.1, 0.15) is 15.9 Å². The molecule has 0 aliphatic carbocycles. The van der Waals surface area contributed by atoms with Crippen molar-refractivity contribution in [3.63, 3.8) is 0 Å². The molecule has 2 nitrogen and oxygen atoms in total. The summed E-state index contributed by atoms with van der Waals surface area (Å²) in [6.07, 6.45) is 2.02. The largest absolute Gasteiger partial charge is 0.294 e. The van der Waals surface area contributed by atoms with Gasteiger partial charge >= 0.3 is 0 Å². The molecule has 0 aliphatic rings. The highest BCUT2D eigenvalue weighted by atomic mass is 32.2. The van der Waals surface area contributed by atoms with Gasteiger partial charge in [-0.15, -0.1) is 0 Å². The van der Waals surface area contributed by atoms with Crippen LogP contribution in [-0.4, -0.2) is 16.2 Å². The van der Waals surface area contributed by atoms with Crippen molar-refractivity contribution in [2.75, 3.05) is 6.26 Å². The highest BCUT2D eigenvalue weighted by Crippen LogP contribution is 2.11. The second kappa shape index (κ2) is 5.74. The predicted octanol–water partition coefficient (Wildman–Crippen LogP) is 2.85. The van der Waals surface area contributed by atoms with E-state index < -0.39 is 10.8 Å². The molecule has 0 spiro atoms. The molecule has 0 N–H and O–H groups in total. The molecule has 1 unspecified atom stereocenters. The van der Waals surface area contributed by atoms with E-state index in [4.69, 9.17) is 0 Å². The van der Waals surface area contributed by atoms with E-state index in [9.17, 15) is 9.00 Å². The van der Waals surface area contributed by atoms with E-state index in [0.717, 1.165) is 16.0 Å². The Labute approximate surface area is 109 Å². The highest BCUT2D eigenvalue weighted by molar-refractivity contribution is 7.84. The Kier molecular flexibility index (Phi) is 4.05. The summed E-state index contributed by atoms with van der Waals surface area (Å²) in [5, 5.41) is 0. The van der Waals surface area contributed by atoms with Crippen molar-refractivity contribution in [1.29, 1.82) is 0 Å². The number of benzene rings is 2. The molecule has 2 aromatic rings.